The van der Waals surface area contributed by atoms with Crippen molar-refractivity contribution in [3.8, 4) is 0 Å². The maximum Gasteiger partial charge on any atom is 0.0484 e. The fourth-order valence-electron chi connectivity index (χ4n) is 2.45. The minimum Gasteiger partial charge on any atom is -0.381 e. The van der Waals surface area contributed by atoms with E-state index >= 15 is 0 Å². The number of ether oxygens (including phenoxy) is 1. The van der Waals surface area contributed by atoms with Crippen molar-refractivity contribution in [2.75, 3.05) is 26.3 Å². The molecule has 3 nitrogen and oxygen atoms in total. The van der Waals surface area contributed by atoms with Gasteiger partial charge in [-0.3, -0.25) is 0 Å². The fourth-order valence-corrected chi connectivity index (χ4v) is 2.45. The summed E-state index contributed by atoms with van der Waals surface area (Å²) in [7, 11) is 0. The summed E-state index contributed by atoms with van der Waals surface area (Å²) in [6, 6.07) is 0. The van der Waals surface area contributed by atoms with Gasteiger partial charge in [0, 0.05) is 25.3 Å². The topological polar surface area (TPSA) is 47.3 Å². The minimum atomic E-state index is -0.0180. The van der Waals surface area contributed by atoms with Gasteiger partial charge in [0.2, 0.25) is 0 Å². The molecular formula is C15H32N2O. The van der Waals surface area contributed by atoms with E-state index in [4.69, 9.17) is 10.5 Å². The lowest BCUT2D eigenvalue weighted by Crippen LogP contribution is -2.52. The normalized spacial score (nSPS) is 19.3. The van der Waals surface area contributed by atoms with Gasteiger partial charge in [0.05, 0.1) is 0 Å². The first-order valence-corrected chi connectivity index (χ1v) is 7.70. The highest BCUT2D eigenvalue weighted by Gasteiger charge is 2.27. The molecule has 1 aliphatic heterocycles. The summed E-state index contributed by atoms with van der Waals surface area (Å²) in [5.41, 5.74) is 6.29. The standard InChI is InChI=1S/C15H32N2O/c1-14(2)7-5-3-4-6-10-17-13-15(16)8-11-18-12-9-15/h14,17H,3-13,16H2,1-2H3. The van der Waals surface area contributed by atoms with Crippen LogP contribution in [0.2, 0.25) is 0 Å². The third-order valence-corrected chi connectivity index (χ3v) is 3.85. The quantitative estimate of drug-likeness (QED) is 0.624. The number of nitrogens with one attached hydrogen (secondary N) is 1. The third-order valence-electron chi connectivity index (χ3n) is 3.85. The van der Waals surface area contributed by atoms with Gasteiger partial charge in [-0.05, 0) is 31.7 Å². The van der Waals surface area contributed by atoms with Crippen molar-refractivity contribution >= 4 is 0 Å². The molecule has 3 N–H and O–H groups in total. The van der Waals surface area contributed by atoms with Gasteiger partial charge < -0.3 is 15.8 Å². The first kappa shape index (κ1) is 15.9. The summed E-state index contributed by atoms with van der Waals surface area (Å²) < 4.78 is 5.35. The molecule has 1 rings (SSSR count). The van der Waals surface area contributed by atoms with Crippen LogP contribution in [0.4, 0.5) is 0 Å². The lowest BCUT2D eigenvalue weighted by atomic mass is 9.91. The van der Waals surface area contributed by atoms with Gasteiger partial charge in [-0.1, -0.05) is 39.5 Å². The highest BCUT2D eigenvalue weighted by Crippen LogP contribution is 2.16. The van der Waals surface area contributed by atoms with E-state index in [9.17, 15) is 0 Å². The van der Waals surface area contributed by atoms with Gasteiger partial charge in [0.1, 0.15) is 0 Å². The average Bonchev–Trinajstić information content (AvgIpc) is 2.33. The maximum atomic E-state index is 6.31. The maximum absolute atomic E-state index is 6.31. The van der Waals surface area contributed by atoms with E-state index in [0.29, 0.717) is 0 Å². The number of hydrogen-bond donors (Lipinski definition) is 2. The van der Waals surface area contributed by atoms with Crippen LogP contribution in [0.15, 0.2) is 0 Å². The molecule has 0 spiro atoms. The smallest absolute Gasteiger partial charge is 0.0484 e. The molecule has 0 aromatic rings. The zero-order valence-electron chi connectivity index (χ0n) is 12.3. The first-order valence-electron chi connectivity index (χ1n) is 7.70. The van der Waals surface area contributed by atoms with Crippen LogP contribution < -0.4 is 11.1 Å². The van der Waals surface area contributed by atoms with Crippen LogP contribution in [0.1, 0.15) is 58.8 Å². The Morgan fingerprint density at radius 1 is 1.11 bits per heavy atom. The van der Waals surface area contributed by atoms with Crippen molar-refractivity contribution in [3.05, 3.63) is 0 Å². The highest BCUT2D eigenvalue weighted by atomic mass is 16.5. The van der Waals surface area contributed by atoms with E-state index in [1.54, 1.807) is 0 Å². The summed E-state index contributed by atoms with van der Waals surface area (Å²) in [5, 5.41) is 3.51. The molecule has 0 aromatic heterocycles. The summed E-state index contributed by atoms with van der Waals surface area (Å²) in [5.74, 6) is 0.855. The van der Waals surface area contributed by atoms with E-state index in [0.717, 1.165) is 45.1 Å². The van der Waals surface area contributed by atoms with Crippen LogP contribution in [-0.2, 0) is 4.74 Å². The molecule has 0 unspecified atom stereocenters. The number of unbranched alkanes of at least 4 members (excludes halogenated alkanes) is 3. The van der Waals surface area contributed by atoms with E-state index in [2.05, 4.69) is 19.2 Å². The van der Waals surface area contributed by atoms with Crippen molar-refractivity contribution in [1.82, 2.24) is 5.32 Å². The van der Waals surface area contributed by atoms with E-state index in [-0.39, 0.29) is 5.54 Å². The molecule has 1 fully saturated rings. The summed E-state index contributed by atoms with van der Waals surface area (Å²) >= 11 is 0. The molecule has 0 aromatic carbocycles. The van der Waals surface area contributed by atoms with Crippen molar-refractivity contribution in [2.24, 2.45) is 11.7 Å². The average molecular weight is 256 g/mol. The third kappa shape index (κ3) is 7.34. The second-order valence-corrected chi connectivity index (χ2v) is 6.25. The van der Waals surface area contributed by atoms with Gasteiger partial charge in [0.25, 0.3) is 0 Å². The molecule has 1 heterocycles. The Labute approximate surface area is 113 Å². The lowest BCUT2D eigenvalue weighted by molar-refractivity contribution is 0.0532. The molecular weight excluding hydrogens is 224 g/mol. The molecule has 0 radical (unpaired) electrons. The van der Waals surface area contributed by atoms with Crippen LogP contribution in [0, 0.1) is 5.92 Å². The molecule has 0 atom stereocenters. The minimum absolute atomic E-state index is 0.0180. The molecule has 18 heavy (non-hydrogen) atoms. The van der Waals surface area contributed by atoms with Crippen LogP contribution >= 0.6 is 0 Å². The Balaban J connectivity index is 1.89. The molecule has 3 heteroatoms. The first-order chi connectivity index (χ1) is 8.62. The van der Waals surface area contributed by atoms with Crippen LogP contribution in [0.5, 0.6) is 0 Å². The predicted octanol–water partition coefficient (Wildman–Crippen LogP) is 2.69. The van der Waals surface area contributed by atoms with Gasteiger partial charge in [-0.15, -0.1) is 0 Å². The van der Waals surface area contributed by atoms with Crippen LogP contribution in [0.25, 0.3) is 0 Å². The Hall–Kier alpha value is -0.120. The zero-order chi connectivity index (χ0) is 13.3. The van der Waals surface area contributed by atoms with E-state index in [1.807, 2.05) is 0 Å². The Bertz CT molecular complexity index is 201. The Morgan fingerprint density at radius 3 is 2.44 bits per heavy atom. The monoisotopic (exact) mass is 256 g/mol. The lowest BCUT2D eigenvalue weighted by Gasteiger charge is -2.33. The molecule has 108 valence electrons. The zero-order valence-corrected chi connectivity index (χ0v) is 12.3. The number of rotatable bonds is 9. The molecule has 1 saturated heterocycles. The Morgan fingerprint density at radius 2 is 1.78 bits per heavy atom. The van der Waals surface area contributed by atoms with Gasteiger partial charge in [0.15, 0.2) is 0 Å². The molecule has 0 amide bonds. The predicted molar refractivity (Wildman–Crippen MR) is 77.8 cm³/mol. The van der Waals surface area contributed by atoms with Crippen molar-refractivity contribution in [2.45, 2.75) is 64.3 Å². The number of hydrogen-bond acceptors (Lipinski definition) is 3. The van der Waals surface area contributed by atoms with Crippen molar-refractivity contribution in [3.63, 3.8) is 0 Å². The highest BCUT2D eigenvalue weighted by molar-refractivity contribution is 4.88. The SMILES string of the molecule is CC(C)CCCCCCNCC1(N)CCOCC1. The Kier molecular flexibility index (Phi) is 7.87. The van der Waals surface area contributed by atoms with E-state index < -0.39 is 0 Å². The second-order valence-electron chi connectivity index (χ2n) is 6.25. The van der Waals surface area contributed by atoms with Gasteiger partial charge in [-0.2, -0.15) is 0 Å². The van der Waals surface area contributed by atoms with E-state index in [1.165, 1.54) is 32.1 Å². The second kappa shape index (κ2) is 8.89. The molecule has 0 saturated carbocycles. The van der Waals surface area contributed by atoms with Crippen LogP contribution in [-0.4, -0.2) is 31.8 Å². The summed E-state index contributed by atoms with van der Waals surface area (Å²) in [6.45, 7) is 8.32. The number of nitrogens with two attached hydrogens (primary N) is 1. The summed E-state index contributed by atoms with van der Waals surface area (Å²) in [6.07, 6.45) is 8.75. The fraction of sp³-hybridized carbons (Fsp3) is 1.00. The van der Waals surface area contributed by atoms with Crippen molar-refractivity contribution in [1.29, 1.82) is 0 Å². The molecule has 0 aliphatic carbocycles. The largest absolute Gasteiger partial charge is 0.381 e. The van der Waals surface area contributed by atoms with Gasteiger partial charge >= 0.3 is 0 Å². The van der Waals surface area contributed by atoms with Gasteiger partial charge in [-0.25, -0.2) is 0 Å². The van der Waals surface area contributed by atoms with Crippen LogP contribution in [0.3, 0.4) is 0 Å². The molecule has 1 aliphatic rings. The molecule has 0 bridgehead atoms. The van der Waals surface area contributed by atoms with Crippen molar-refractivity contribution < 1.29 is 4.74 Å². The summed E-state index contributed by atoms with van der Waals surface area (Å²) in [4.78, 5) is 0.